The van der Waals surface area contributed by atoms with Crippen LogP contribution in [0.3, 0.4) is 0 Å². The molecule has 0 aliphatic rings. The first-order chi connectivity index (χ1) is 13.2. The lowest BCUT2D eigenvalue weighted by Crippen LogP contribution is -1.98. The van der Waals surface area contributed by atoms with Crippen LogP contribution >= 0.6 is 11.3 Å². The smallest absolute Gasteiger partial charge is 0.184 e. The molecular formula is C23H19FN2S. The molecule has 0 spiro atoms. The van der Waals surface area contributed by atoms with E-state index in [-0.39, 0.29) is 5.82 Å². The molecule has 2 nitrogen and oxygen atoms in total. The van der Waals surface area contributed by atoms with Crippen molar-refractivity contribution in [3.63, 3.8) is 0 Å². The highest BCUT2D eigenvalue weighted by Crippen LogP contribution is 2.39. The highest BCUT2D eigenvalue weighted by atomic mass is 32.1. The fourth-order valence-electron chi connectivity index (χ4n) is 2.87. The number of thiazole rings is 1. The lowest BCUT2D eigenvalue weighted by molar-refractivity contribution is 0.628. The van der Waals surface area contributed by atoms with Gasteiger partial charge in [0.15, 0.2) is 5.13 Å². The summed E-state index contributed by atoms with van der Waals surface area (Å²) >= 11 is 1.62. The molecule has 0 aliphatic carbocycles. The molecule has 0 saturated carbocycles. The monoisotopic (exact) mass is 374 g/mol. The molecule has 1 aromatic heterocycles. The number of benzene rings is 3. The van der Waals surface area contributed by atoms with E-state index in [0.717, 1.165) is 26.8 Å². The third kappa shape index (κ3) is 4.07. The Balaban J connectivity index is 1.70. The van der Waals surface area contributed by atoms with E-state index in [2.05, 4.69) is 48.6 Å². The molecular weight excluding hydrogens is 355 g/mol. The van der Waals surface area contributed by atoms with Crippen LogP contribution in [0, 0.1) is 12.7 Å². The summed E-state index contributed by atoms with van der Waals surface area (Å²) in [6.07, 6.45) is 0. The average Bonchev–Trinajstić information content (AvgIpc) is 3.13. The van der Waals surface area contributed by atoms with Gasteiger partial charge in [-0.25, -0.2) is 9.37 Å². The number of aromatic nitrogens is 1. The Hall–Kier alpha value is -2.98. The van der Waals surface area contributed by atoms with Gasteiger partial charge in [-0.15, -0.1) is 0 Å². The van der Waals surface area contributed by atoms with Crippen molar-refractivity contribution in [2.75, 3.05) is 5.32 Å². The second kappa shape index (κ2) is 7.72. The summed E-state index contributed by atoms with van der Waals surface area (Å²) in [5.41, 5.74) is 5.32. The number of aryl methyl sites for hydroxylation is 1. The van der Waals surface area contributed by atoms with E-state index in [0.29, 0.717) is 6.54 Å². The van der Waals surface area contributed by atoms with E-state index in [4.69, 9.17) is 4.98 Å². The Morgan fingerprint density at radius 2 is 1.52 bits per heavy atom. The average molecular weight is 374 g/mol. The third-order valence-electron chi connectivity index (χ3n) is 4.35. The predicted molar refractivity (Wildman–Crippen MR) is 111 cm³/mol. The quantitative estimate of drug-likeness (QED) is 0.429. The number of hydrogen-bond donors (Lipinski definition) is 1. The third-order valence-corrected chi connectivity index (χ3v) is 5.41. The number of hydrogen-bond acceptors (Lipinski definition) is 3. The molecule has 0 amide bonds. The summed E-state index contributed by atoms with van der Waals surface area (Å²) < 4.78 is 13.4. The van der Waals surface area contributed by atoms with Crippen LogP contribution in [0.1, 0.15) is 11.1 Å². The topological polar surface area (TPSA) is 24.9 Å². The Morgan fingerprint density at radius 3 is 2.22 bits per heavy atom. The van der Waals surface area contributed by atoms with Gasteiger partial charge in [0.05, 0.1) is 10.6 Å². The van der Waals surface area contributed by atoms with Gasteiger partial charge in [-0.05, 0) is 42.3 Å². The maximum atomic E-state index is 13.4. The van der Waals surface area contributed by atoms with E-state index in [9.17, 15) is 4.39 Å². The second-order valence-corrected chi connectivity index (χ2v) is 7.41. The zero-order valence-corrected chi connectivity index (χ0v) is 15.8. The Morgan fingerprint density at radius 1 is 0.852 bits per heavy atom. The molecule has 4 aromatic rings. The van der Waals surface area contributed by atoms with Crippen LogP contribution in [0.2, 0.25) is 0 Å². The first-order valence-corrected chi connectivity index (χ1v) is 9.62. The molecule has 1 heterocycles. The van der Waals surface area contributed by atoms with E-state index in [1.807, 2.05) is 18.2 Å². The van der Waals surface area contributed by atoms with Crippen molar-refractivity contribution in [2.24, 2.45) is 0 Å². The van der Waals surface area contributed by atoms with Crippen LogP contribution < -0.4 is 5.32 Å². The van der Waals surface area contributed by atoms with Crippen LogP contribution in [0.5, 0.6) is 0 Å². The van der Waals surface area contributed by atoms with Gasteiger partial charge in [0.2, 0.25) is 0 Å². The maximum Gasteiger partial charge on any atom is 0.184 e. The van der Waals surface area contributed by atoms with Crippen molar-refractivity contribution in [2.45, 2.75) is 13.5 Å². The van der Waals surface area contributed by atoms with E-state index < -0.39 is 0 Å². The standard InChI is InChI=1S/C23H19FN2S/c1-16-7-9-19(10-8-16)22-21(18-11-13-20(24)14-12-18)26-23(27-22)25-15-17-5-3-2-4-6-17/h2-14H,15H2,1H3,(H,25,26). The number of rotatable bonds is 5. The number of nitrogens with zero attached hydrogens (tertiary/aromatic N) is 1. The minimum Gasteiger partial charge on any atom is -0.357 e. The zero-order valence-electron chi connectivity index (χ0n) is 14.9. The first kappa shape index (κ1) is 17.4. The van der Waals surface area contributed by atoms with Crippen molar-refractivity contribution < 1.29 is 4.39 Å². The molecule has 3 aromatic carbocycles. The summed E-state index contributed by atoms with van der Waals surface area (Å²) in [4.78, 5) is 5.89. The van der Waals surface area contributed by atoms with Gasteiger partial charge in [-0.1, -0.05) is 71.5 Å². The van der Waals surface area contributed by atoms with Gasteiger partial charge < -0.3 is 5.32 Å². The summed E-state index contributed by atoms with van der Waals surface area (Å²) in [6.45, 7) is 2.79. The molecule has 0 bridgehead atoms. The van der Waals surface area contributed by atoms with Gasteiger partial charge in [0.1, 0.15) is 5.82 Å². The molecule has 27 heavy (non-hydrogen) atoms. The van der Waals surface area contributed by atoms with Crippen LogP contribution in [-0.2, 0) is 6.54 Å². The van der Waals surface area contributed by atoms with Crippen molar-refractivity contribution in [1.29, 1.82) is 0 Å². The lowest BCUT2D eigenvalue weighted by atomic mass is 10.1. The van der Waals surface area contributed by atoms with E-state index in [1.54, 1.807) is 23.5 Å². The molecule has 4 heteroatoms. The van der Waals surface area contributed by atoms with Gasteiger partial charge in [-0.2, -0.15) is 0 Å². The SMILES string of the molecule is Cc1ccc(-c2sc(NCc3ccccc3)nc2-c2ccc(F)cc2)cc1. The Kier molecular flexibility index (Phi) is 4.99. The predicted octanol–water partition coefficient (Wildman–Crippen LogP) is 6.54. The molecule has 1 N–H and O–H groups in total. The normalized spacial score (nSPS) is 10.7. The highest BCUT2D eigenvalue weighted by molar-refractivity contribution is 7.19. The zero-order chi connectivity index (χ0) is 18.6. The first-order valence-electron chi connectivity index (χ1n) is 8.80. The van der Waals surface area contributed by atoms with Gasteiger partial charge in [-0.3, -0.25) is 0 Å². The van der Waals surface area contributed by atoms with Crippen molar-refractivity contribution in [3.8, 4) is 21.7 Å². The van der Waals surface area contributed by atoms with Crippen LogP contribution in [0.4, 0.5) is 9.52 Å². The van der Waals surface area contributed by atoms with E-state index in [1.165, 1.54) is 23.3 Å². The Labute approximate surface area is 162 Å². The molecule has 0 fully saturated rings. The molecule has 4 rings (SSSR count). The van der Waals surface area contributed by atoms with Gasteiger partial charge in [0.25, 0.3) is 0 Å². The molecule has 134 valence electrons. The largest absolute Gasteiger partial charge is 0.357 e. The highest BCUT2D eigenvalue weighted by Gasteiger charge is 2.15. The summed E-state index contributed by atoms with van der Waals surface area (Å²) in [6, 6.07) is 25.2. The number of nitrogens with one attached hydrogen (secondary N) is 1. The van der Waals surface area contributed by atoms with Crippen molar-refractivity contribution in [3.05, 3.63) is 95.8 Å². The lowest BCUT2D eigenvalue weighted by Gasteiger charge is -2.03. The maximum absolute atomic E-state index is 13.4. The second-order valence-electron chi connectivity index (χ2n) is 6.41. The molecule has 0 radical (unpaired) electrons. The Bertz CT molecular complexity index is 959. The minimum absolute atomic E-state index is 0.242. The van der Waals surface area contributed by atoms with Gasteiger partial charge in [0, 0.05) is 12.1 Å². The minimum atomic E-state index is -0.242. The fourth-order valence-corrected chi connectivity index (χ4v) is 3.86. The summed E-state index contributed by atoms with van der Waals surface area (Å²) in [7, 11) is 0. The van der Waals surface area contributed by atoms with Crippen molar-refractivity contribution >= 4 is 16.5 Å². The number of anilines is 1. The molecule has 0 unspecified atom stereocenters. The summed E-state index contributed by atoms with van der Waals surface area (Å²) in [5, 5.41) is 4.27. The van der Waals surface area contributed by atoms with Crippen LogP contribution in [0.15, 0.2) is 78.9 Å². The fraction of sp³-hybridized carbons (Fsp3) is 0.0870. The van der Waals surface area contributed by atoms with Crippen LogP contribution in [-0.4, -0.2) is 4.98 Å². The molecule has 0 aliphatic heterocycles. The summed E-state index contributed by atoms with van der Waals surface area (Å²) in [5.74, 6) is -0.242. The van der Waals surface area contributed by atoms with Gasteiger partial charge >= 0.3 is 0 Å². The molecule has 0 saturated heterocycles. The van der Waals surface area contributed by atoms with E-state index >= 15 is 0 Å². The van der Waals surface area contributed by atoms with Crippen molar-refractivity contribution in [1.82, 2.24) is 4.98 Å². The number of halogens is 1. The molecule has 0 atom stereocenters. The van der Waals surface area contributed by atoms with Crippen LogP contribution in [0.25, 0.3) is 21.7 Å².